The lowest BCUT2D eigenvalue weighted by Crippen LogP contribution is -2.23. The molecule has 0 bridgehead atoms. The van der Waals surface area contributed by atoms with Crippen molar-refractivity contribution in [3.63, 3.8) is 0 Å². The summed E-state index contributed by atoms with van der Waals surface area (Å²) in [5.74, 6) is 1.77. The van der Waals surface area contributed by atoms with Crippen molar-refractivity contribution in [2.24, 2.45) is 16.6 Å². The number of guanidine groups is 1. The molecule has 0 radical (unpaired) electrons. The SMILES string of the molecule is COc1ccccc1NC(N)=NCCCOCC1CCOCC1. The zero-order chi connectivity index (χ0) is 16.3. The highest BCUT2D eigenvalue weighted by Crippen LogP contribution is 2.22. The predicted molar refractivity (Wildman–Crippen MR) is 92.1 cm³/mol. The van der Waals surface area contributed by atoms with E-state index in [1.165, 1.54) is 0 Å². The van der Waals surface area contributed by atoms with Gasteiger partial charge in [-0.2, -0.15) is 0 Å². The van der Waals surface area contributed by atoms with Gasteiger partial charge in [-0.25, -0.2) is 0 Å². The third kappa shape index (κ3) is 6.46. The Morgan fingerprint density at radius 1 is 1.35 bits per heavy atom. The van der Waals surface area contributed by atoms with Gasteiger partial charge in [-0.3, -0.25) is 4.99 Å². The van der Waals surface area contributed by atoms with Crippen molar-refractivity contribution in [2.45, 2.75) is 19.3 Å². The van der Waals surface area contributed by atoms with Gasteiger partial charge in [0, 0.05) is 33.0 Å². The van der Waals surface area contributed by atoms with Crippen LogP contribution in [0.4, 0.5) is 5.69 Å². The van der Waals surface area contributed by atoms with Crippen molar-refractivity contribution in [3.05, 3.63) is 24.3 Å². The van der Waals surface area contributed by atoms with Crippen LogP contribution in [-0.4, -0.2) is 46.0 Å². The monoisotopic (exact) mass is 321 g/mol. The number of ether oxygens (including phenoxy) is 3. The normalized spacial score (nSPS) is 16.3. The molecule has 128 valence electrons. The molecular weight excluding hydrogens is 294 g/mol. The number of anilines is 1. The number of aliphatic imine (C=N–C) groups is 1. The van der Waals surface area contributed by atoms with Gasteiger partial charge in [0.15, 0.2) is 5.96 Å². The summed E-state index contributed by atoms with van der Waals surface area (Å²) in [6.45, 7) is 3.90. The Bertz CT molecular complexity index is 488. The molecule has 23 heavy (non-hydrogen) atoms. The van der Waals surface area contributed by atoms with Gasteiger partial charge in [0.25, 0.3) is 0 Å². The average molecular weight is 321 g/mol. The van der Waals surface area contributed by atoms with Crippen LogP contribution in [0.15, 0.2) is 29.3 Å². The van der Waals surface area contributed by atoms with Crippen LogP contribution in [-0.2, 0) is 9.47 Å². The molecule has 3 N–H and O–H groups in total. The number of nitrogens with zero attached hydrogens (tertiary/aromatic N) is 1. The second-order valence-electron chi connectivity index (χ2n) is 5.58. The van der Waals surface area contributed by atoms with Gasteiger partial charge in [0.2, 0.25) is 0 Å². The summed E-state index contributed by atoms with van der Waals surface area (Å²) in [4.78, 5) is 4.31. The van der Waals surface area contributed by atoms with Crippen LogP contribution >= 0.6 is 0 Å². The second-order valence-corrected chi connectivity index (χ2v) is 5.58. The Kier molecular flexibility index (Phi) is 7.69. The largest absolute Gasteiger partial charge is 0.495 e. The molecule has 0 spiro atoms. The Hall–Kier alpha value is -1.79. The smallest absolute Gasteiger partial charge is 0.193 e. The van der Waals surface area contributed by atoms with Gasteiger partial charge in [-0.05, 0) is 37.3 Å². The minimum atomic E-state index is 0.388. The van der Waals surface area contributed by atoms with Crippen molar-refractivity contribution in [1.29, 1.82) is 0 Å². The molecule has 0 aliphatic carbocycles. The van der Waals surface area contributed by atoms with Crippen molar-refractivity contribution in [2.75, 3.05) is 45.4 Å². The molecule has 1 aliphatic rings. The first-order valence-corrected chi connectivity index (χ1v) is 8.15. The minimum absolute atomic E-state index is 0.388. The van der Waals surface area contributed by atoms with Crippen molar-refractivity contribution in [1.82, 2.24) is 0 Å². The fourth-order valence-corrected chi connectivity index (χ4v) is 2.45. The quantitative estimate of drug-likeness (QED) is 0.436. The molecule has 1 aromatic rings. The molecule has 0 amide bonds. The molecule has 6 heteroatoms. The van der Waals surface area contributed by atoms with Gasteiger partial charge in [-0.1, -0.05) is 12.1 Å². The van der Waals surface area contributed by atoms with E-state index in [9.17, 15) is 0 Å². The van der Waals surface area contributed by atoms with E-state index in [0.29, 0.717) is 25.0 Å². The molecule has 1 fully saturated rings. The molecule has 6 nitrogen and oxygen atoms in total. The highest BCUT2D eigenvalue weighted by Gasteiger charge is 2.13. The molecule has 0 aromatic heterocycles. The Balaban J connectivity index is 1.61. The summed E-state index contributed by atoms with van der Waals surface area (Å²) in [5, 5.41) is 3.05. The van der Waals surface area contributed by atoms with Gasteiger partial charge in [0.05, 0.1) is 12.8 Å². The molecule has 1 saturated heterocycles. The third-order valence-corrected chi connectivity index (χ3v) is 3.79. The van der Waals surface area contributed by atoms with E-state index in [2.05, 4.69) is 10.3 Å². The van der Waals surface area contributed by atoms with Crippen molar-refractivity contribution >= 4 is 11.6 Å². The first kappa shape index (κ1) is 17.6. The summed E-state index contributed by atoms with van der Waals surface area (Å²) in [6, 6.07) is 7.60. The highest BCUT2D eigenvalue weighted by molar-refractivity contribution is 5.93. The number of nitrogens with one attached hydrogen (secondary N) is 1. The van der Waals surface area contributed by atoms with Crippen molar-refractivity contribution in [3.8, 4) is 5.75 Å². The lowest BCUT2D eigenvalue weighted by atomic mass is 10.0. The number of nitrogens with two attached hydrogens (primary N) is 1. The summed E-state index contributed by atoms with van der Waals surface area (Å²) >= 11 is 0. The lowest BCUT2D eigenvalue weighted by molar-refractivity contribution is 0.0205. The predicted octanol–water partition coefficient (Wildman–Crippen LogP) is 2.26. The third-order valence-electron chi connectivity index (χ3n) is 3.79. The highest BCUT2D eigenvalue weighted by atomic mass is 16.5. The maximum Gasteiger partial charge on any atom is 0.193 e. The molecule has 0 unspecified atom stereocenters. The summed E-state index contributed by atoms with van der Waals surface area (Å²) in [7, 11) is 1.63. The summed E-state index contributed by atoms with van der Waals surface area (Å²) in [6.07, 6.45) is 3.07. The second kappa shape index (κ2) is 10.1. The number of hydrogen-bond donors (Lipinski definition) is 2. The van der Waals surface area contributed by atoms with E-state index in [0.717, 1.165) is 50.5 Å². The van der Waals surface area contributed by atoms with E-state index in [4.69, 9.17) is 19.9 Å². The van der Waals surface area contributed by atoms with Crippen LogP contribution in [0.1, 0.15) is 19.3 Å². The van der Waals surface area contributed by atoms with E-state index in [1.54, 1.807) is 7.11 Å². The summed E-state index contributed by atoms with van der Waals surface area (Å²) < 4.78 is 16.3. The van der Waals surface area contributed by atoms with Gasteiger partial charge < -0.3 is 25.3 Å². The lowest BCUT2D eigenvalue weighted by Gasteiger charge is -2.21. The first-order valence-electron chi connectivity index (χ1n) is 8.15. The van der Waals surface area contributed by atoms with Gasteiger partial charge in [0.1, 0.15) is 5.75 Å². The number of rotatable bonds is 8. The van der Waals surface area contributed by atoms with Crippen LogP contribution in [0.5, 0.6) is 5.75 Å². The number of hydrogen-bond acceptors (Lipinski definition) is 4. The van der Waals surface area contributed by atoms with E-state index >= 15 is 0 Å². The van der Waals surface area contributed by atoms with Crippen LogP contribution < -0.4 is 15.8 Å². The fourth-order valence-electron chi connectivity index (χ4n) is 2.45. The zero-order valence-electron chi connectivity index (χ0n) is 13.8. The summed E-state index contributed by atoms with van der Waals surface area (Å²) in [5.41, 5.74) is 6.70. The first-order chi connectivity index (χ1) is 11.3. The number of methoxy groups -OCH3 is 1. The molecule has 2 rings (SSSR count). The molecule has 0 atom stereocenters. The standard InChI is InChI=1S/C17H27N3O3/c1-21-16-6-3-2-5-15(16)20-17(18)19-9-4-10-23-13-14-7-11-22-12-8-14/h2-3,5-6,14H,4,7-13H2,1H3,(H3,18,19,20). The molecule has 0 saturated carbocycles. The fraction of sp³-hybridized carbons (Fsp3) is 0.588. The van der Waals surface area contributed by atoms with Crippen LogP contribution in [0.25, 0.3) is 0 Å². The van der Waals surface area contributed by atoms with Crippen LogP contribution in [0.2, 0.25) is 0 Å². The van der Waals surface area contributed by atoms with Gasteiger partial charge >= 0.3 is 0 Å². The Morgan fingerprint density at radius 3 is 2.91 bits per heavy atom. The van der Waals surface area contributed by atoms with E-state index in [-0.39, 0.29) is 0 Å². The topological polar surface area (TPSA) is 78.1 Å². The van der Waals surface area contributed by atoms with E-state index in [1.807, 2.05) is 24.3 Å². The molecule has 1 heterocycles. The molecule has 1 aliphatic heterocycles. The van der Waals surface area contributed by atoms with Crippen molar-refractivity contribution < 1.29 is 14.2 Å². The minimum Gasteiger partial charge on any atom is -0.495 e. The molecular formula is C17H27N3O3. The number of para-hydroxylation sites is 2. The molecule has 1 aromatic carbocycles. The maximum atomic E-state index is 5.89. The van der Waals surface area contributed by atoms with E-state index < -0.39 is 0 Å². The Labute approximate surface area is 138 Å². The van der Waals surface area contributed by atoms with Gasteiger partial charge in [-0.15, -0.1) is 0 Å². The maximum absolute atomic E-state index is 5.89. The van der Waals surface area contributed by atoms with Crippen LogP contribution in [0, 0.1) is 5.92 Å². The number of benzene rings is 1. The van der Waals surface area contributed by atoms with Crippen LogP contribution in [0.3, 0.4) is 0 Å². The Morgan fingerprint density at radius 2 is 2.13 bits per heavy atom. The zero-order valence-corrected chi connectivity index (χ0v) is 13.8. The average Bonchev–Trinajstić information content (AvgIpc) is 2.59.